The van der Waals surface area contributed by atoms with Crippen molar-refractivity contribution in [3.05, 3.63) is 95.2 Å². The molecule has 2 N–H and O–H groups in total. The van der Waals surface area contributed by atoms with Gasteiger partial charge >= 0.3 is 6.03 Å². The van der Waals surface area contributed by atoms with E-state index in [0.717, 1.165) is 34.1 Å². The Kier molecular flexibility index (Phi) is 6.10. The molecule has 8 nitrogen and oxygen atoms in total. The van der Waals surface area contributed by atoms with Gasteiger partial charge in [0.1, 0.15) is 17.8 Å². The zero-order valence-corrected chi connectivity index (χ0v) is 22.1. The first-order valence-corrected chi connectivity index (χ1v) is 13.2. The van der Waals surface area contributed by atoms with Gasteiger partial charge in [-0.15, -0.1) is 0 Å². The summed E-state index contributed by atoms with van der Waals surface area (Å²) in [6.07, 6.45) is 1.15. The monoisotopic (exact) mass is 522 g/mol. The number of anilines is 1. The van der Waals surface area contributed by atoms with Gasteiger partial charge in [-0.3, -0.25) is 14.5 Å². The Morgan fingerprint density at radius 2 is 1.77 bits per heavy atom. The van der Waals surface area contributed by atoms with E-state index in [2.05, 4.69) is 10.3 Å². The predicted octanol–water partition coefficient (Wildman–Crippen LogP) is 5.19. The van der Waals surface area contributed by atoms with Gasteiger partial charge in [-0.05, 0) is 54.8 Å². The van der Waals surface area contributed by atoms with Crippen LogP contribution in [0.3, 0.4) is 0 Å². The number of nitrogens with zero attached hydrogens (tertiary/aromatic N) is 2. The maximum atomic E-state index is 14.2. The normalized spacial score (nSPS) is 19.2. The third-order valence-corrected chi connectivity index (χ3v) is 7.86. The molecule has 0 saturated carbocycles. The van der Waals surface area contributed by atoms with E-state index in [-0.39, 0.29) is 17.9 Å². The number of para-hydroxylation sites is 2. The number of carbonyl (C=O) groups is 3. The number of fused-ring (bicyclic) bond motifs is 4. The highest BCUT2D eigenvalue weighted by Gasteiger charge is 2.53. The maximum absolute atomic E-state index is 14.2. The van der Waals surface area contributed by atoms with Gasteiger partial charge in [0, 0.05) is 29.1 Å². The molecule has 2 aliphatic rings. The van der Waals surface area contributed by atoms with Crippen LogP contribution < -0.4 is 15.0 Å². The predicted molar refractivity (Wildman–Crippen MR) is 149 cm³/mol. The van der Waals surface area contributed by atoms with Crippen molar-refractivity contribution in [1.29, 1.82) is 0 Å². The molecule has 1 aromatic heterocycles. The molecule has 4 amide bonds. The lowest BCUT2D eigenvalue weighted by molar-refractivity contribution is -0.120. The molecule has 198 valence electrons. The molecule has 0 bridgehead atoms. The van der Waals surface area contributed by atoms with Crippen LogP contribution in [0, 0.1) is 0 Å². The number of aromatic amines is 1. The number of carbonyl (C=O) groups excluding carboxylic acids is 3. The SMILES string of the molecule is CC[C@@H](C)NC(=O)c1ccccc1N1C(=O)[C@@H]2Cc3c([nH]c4ccccc34)[C@@H](c3ccc(OC)cc3)N2C1=O. The van der Waals surface area contributed by atoms with E-state index in [0.29, 0.717) is 23.4 Å². The van der Waals surface area contributed by atoms with E-state index >= 15 is 0 Å². The Morgan fingerprint density at radius 3 is 2.51 bits per heavy atom. The number of amides is 4. The molecule has 0 spiro atoms. The Hall–Kier alpha value is -4.59. The molecule has 0 unspecified atom stereocenters. The molecule has 0 radical (unpaired) electrons. The number of nitrogens with one attached hydrogen (secondary N) is 2. The number of benzene rings is 3. The summed E-state index contributed by atoms with van der Waals surface area (Å²) in [5, 5.41) is 4.00. The summed E-state index contributed by atoms with van der Waals surface area (Å²) in [6, 6.07) is 20.6. The molecule has 3 aromatic carbocycles. The second kappa shape index (κ2) is 9.62. The Morgan fingerprint density at radius 1 is 1.05 bits per heavy atom. The fourth-order valence-corrected chi connectivity index (χ4v) is 5.69. The smallest absolute Gasteiger partial charge is 0.332 e. The summed E-state index contributed by atoms with van der Waals surface area (Å²) < 4.78 is 5.36. The summed E-state index contributed by atoms with van der Waals surface area (Å²) in [7, 11) is 1.61. The average Bonchev–Trinajstić information content (AvgIpc) is 3.46. The van der Waals surface area contributed by atoms with E-state index in [1.165, 1.54) is 4.90 Å². The average molecular weight is 523 g/mol. The first kappa shape index (κ1) is 24.7. The van der Waals surface area contributed by atoms with E-state index < -0.39 is 18.1 Å². The minimum Gasteiger partial charge on any atom is -0.497 e. The molecule has 8 heteroatoms. The molecule has 3 atom stereocenters. The van der Waals surface area contributed by atoms with Gasteiger partial charge in [-0.2, -0.15) is 0 Å². The van der Waals surface area contributed by atoms with Crippen molar-refractivity contribution in [2.75, 3.05) is 12.0 Å². The van der Waals surface area contributed by atoms with E-state index in [4.69, 9.17) is 4.74 Å². The highest BCUT2D eigenvalue weighted by molar-refractivity contribution is 6.24. The fraction of sp³-hybridized carbons (Fsp3) is 0.258. The Bertz CT molecular complexity index is 1590. The van der Waals surface area contributed by atoms with Crippen LogP contribution in [0.15, 0.2) is 72.8 Å². The number of hydrogen-bond acceptors (Lipinski definition) is 4. The van der Waals surface area contributed by atoms with Crippen LogP contribution in [0.25, 0.3) is 10.9 Å². The number of imide groups is 1. The first-order chi connectivity index (χ1) is 18.9. The Labute approximate surface area is 226 Å². The molecule has 2 aliphatic heterocycles. The largest absolute Gasteiger partial charge is 0.497 e. The minimum atomic E-state index is -0.706. The number of methoxy groups -OCH3 is 1. The molecule has 1 fully saturated rings. The van der Waals surface area contributed by atoms with Crippen LogP contribution in [0.4, 0.5) is 10.5 Å². The van der Waals surface area contributed by atoms with Gasteiger partial charge in [0.25, 0.3) is 11.8 Å². The molecule has 1 saturated heterocycles. The number of urea groups is 1. The van der Waals surface area contributed by atoms with Crippen LogP contribution in [0.2, 0.25) is 0 Å². The number of hydrogen-bond donors (Lipinski definition) is 2. The minimum absolute atomic E-state index is 0.0420. The van der Waals surface area contributed by atoms with Gasteiger partial charge in [0.05, 0.1) is 18.4 Å². The van der Waals surface area contributed by atoms with E-state index in [9.17, 15) is 14.4 Å². The second-order valence-electron chi connectivity index (χ2n) is 10.1. The number of rotatable bonds is 6. The molecular weight excluding hydrogens is 492 g/mol. The van der Waals surface area contributed by atoms with Gasteiger partial charge < -0.3 is 15.0 Å². The third kappa shape index (κ3) is 3.94. The zero-order valence-electron chi connectivity index (χ0n) is 22.1. The van der Waals surface area contributed by atoms with Crippen LogP contribution in [-0.2, 0) is 11.2 Å². The summed E-state index contributed by atoms with van der Waals surface area (Å²) in [5.41, 5.74) is 4.33. The van der Waals surface area contributed by atoms with Crippen molar-refractivity contribution < 1.29 is 19.1 Å². The zero-order chi connectivity index (χ0) is 27.3. The van der Waals surface area contributed by atoms with Crippen molar-refractivity contribution in [2.45, 2.75) is 44.8 Å². The van der Waals surface area contributed by atoms with Crippen LogP contribution in [0.1, 0.15) is 53.5 Å². The molecule has 4 aromatic rings. The molecular formula is C31H30N4O4. The van der Waals surface area contributed by atoms with Gasteiger partial charge in [-0.25, -0.2) is 9.69 Å². The summed E-state index contributed by atoms with van der Waals surface area (Å²) in [4.78, 5) is 47.8. The van der Waals surface area contributed by atoms with Crippen molar-refractivity contribution >= 4 is 34.4 Å². The summed E-state index contributed by atoms with van der Waals surface area (Å²) in [5.74, 6) is 0.0567. The fourth-order valence-electron chi connectivity index (χ4n) is 5.69. The lowest BCUT2D eigenvalue weighted by Crippen LogP contribution is -2.44. The van der Waals surface area contributed by atoms with Gasteiger partial charge in [0.15, 0.2) is 0 Å². The van der Waals surface area contributed by atoms with Gasteiger partial charge in [-0.1, -0.05) is 49.4 Å². The van der Waals surface area contributed by atoms with Crippen molar-refractivity contribution in [3.8, 4) is 5.75 Å². The highest BCUT2D eigenvalue weighted by Crippen LogP contribution is 2.45. The van der Waals surface area contributed by atoms with E-state index in [1.807, 2.05) is 62.4 Å². The quantitative estimate of drug-likeness (QED) is 0.341. The molecule has 39 heavy (non-hydrogen) atoms. The van der Waals surface area contributed by atoms with Crippen molar-refractivity contribution in [3.63, 3.8) is 0 Å². The Balaban J connectivity index is 1.47. The van der Waals surface area contributed by atoms with Crippen LogP contribution >= 0.6 is 0 Å². The van der Waals surface area contributed by atoms with Crippen LogP contribution in [-0.4, -0.2) is 46.9 Å². The second-order valence-corrected chi connectivity index (χ2v) is 10.1. The van der Waals surface area contributed by atoms with Gasteiger partial charge in [0.2, 0.25) is 0 Å². The van der Waals surface area contributed by atoms with Crippen molar-refractivity contribution in [1.82, 2.24) is 15.2 Å². The lowest BCUT2D eigenvalue weighted by Gasteiger charge is -2.36. The summed E-state index contributed by atoms with van der Waals surface area (Å²) >= 11 is 0. The van der Waals surface area contributed by atoms with E-state index in [1.54, 1.807) is 36.3 Å². The maximum Gasteiger partial charge on any atom is 0.332 e. The summed E-state index contributed by atoms with van der Waals surface area (Å²) in [6.45, 7) is 3.91. The van der Waals surface area contributed by atoms with Crippen LogP contribution in [0.5, 0.6) is 5.75 Å². The lowest BCUT2D eigenvalue weighted by atomic mass is 9.89. The standard InChI is InChI=1S/C31H30N4O4/c1-4-18(2)32-29(36)22-10-6-8-12-25(22)35-30(37)26-17-23-21-9-5-7-11-24(21)33-27(23)28(34(26)31(35)38)19-13-15-20(39-3)16-14-19/h5-16,18,26,28,33H,4,17H2,1-3H3,(H,32,36)/t18-,26+,28-/m1/s1. The topological polar surface area (TPSA) is 94.7 Å². The third-order valence-electron chi connectivity index (χ3n) is 7.86. The number of ether oxygens (including phenoxy) is 1. The first-order valence-electron chi connectivity index (χ1n) is 13.2. The number of aromatic nitrogens is 1. The molecule has 6 rings (SSSR count). The molecule has 3 heterocycles. The van der Waals surface area contributed by atoms with Crippen molar-refractivity contribution in [2.24, 2.45) is 0 Å². The number of H-pyrrole nitrogens is 1. The highest BCUT2D eigenvalue weighted by atomic mass is 16.5. The molecule has 0 aliphatic carbocycles.